The van der Waals surface area contributed by atoms with Crippen molar-refractivity contribution < 1.29 is 9.90 Å². The van der Waals surface area contributed by atoms with Crippen molar-refractivity contribution in [1.29, 1.82) is 0 Å². The van der Waals surface area contributed by atoms with Crippen molar-refractivity contribution in [2.45, 2.75) is 0 Å². The number of anilines is 1. The predicted octanol–water partition coefficient (Wildman–Crippen LogP) is 1.42. The molecule has 1 aromatic carbocycles. The largest absolute Gasteiger partial charge is 0.478 e. The Morgan fingerprint density at radius 3 is 2.75 bits per heavy atom. The molecule has 3 N–H and O–H groups in total. The van der Waals surface area contributed by atoms with Gasteiger partial charge in [-0.15, -0.1) is 0 Å². The van der Waals surface area contributed by atoms with Crippen molar-refractivity contribution in [2.75, 3.05) is 5.73 Å². The molecular formula is C11H9N3O2. The molecule has 80 valence electrons. The number of nitrogens with two attached hydrogens (primary N) is 1. The summed E-state index contributed by atoms with van der Waals surface area (Å²) in [6.07, 6.45) is 1.54. The van der Waals surface area contributed by atoms with E-state index < -0.39 is 5.97 Å². The van der Waals surface area contributed by atoms with Crippen LogP contribution in [0.4, 0.5) is 5.69 Å². The highest BCUT2D eigenvalue weighted by atomic mass is 16.4. The number of rotatable bonds is 2. The number of aromatic carboxylic acids is 1. The second-order valence-electron chi connectivity index (χ2n) is 3.22. The van der Waals surface area contributed by atoms with Crippen LogP contribution < -0.4 is 5.73 Å². The van der Waals surface area contributed by atoms with Gasteiger partial charge in [-0.25, -0.2) is 4.79 Å². The minimum atomic E-state index is -0.995. The first-order valence-corrected chi connectivity index (χ1v) is 4.59. The normalized spacial score (nSPS) is 10.0. The predicted molar refractivity (Wildman–Crippen MR) is 58.8 cm³/mol. The lowest BCUT2D eigenvalue weighted by molar-refractivity contribution is 0.0697. The number of benzene rings is 1. The quantitative estimate of drug-likeness (QED) is 0.739. The molecule has 0 spiro atoms. The molecule has 0 amide bonds. The maximum atomic E-state index is 10.8. The molecule has 0 atom stereocenters. The fourth-order valence-electron chi connectivity index (χ4n) is 1.36. The van der Waals surface area contributed by atoms with Gasteiger partial charge in [0.05, 0.1) is 11.3 Å². The van der Waals surface area contributed by atoms with Crippen LogP contribution >= 0.6 is 0 Å². The Labute approximate surface area is 91.6 Å². The van der Waals surface area contributed by atoms with E-state index in [2.05, 4.69) is 10.2 Å². The van der Waals surface area contributed by atoms with Crippen molar-refractivity contribution >= 4 is 11.7 Å². The first-order valence-electron chi connectivity index (χ1n) is 4.59. The molecule has 0 saturated heterocycles. The Bertz CT molecular complexity index is 526. The van der Waals surface area contributed by atoms with E-state index in [1.807, 2.05) is 0 Å². The van der Waals surface area contributed by atoms with Gasteiger partial charge in [-0.3, -0.25) is 0 Å². The Morgan fingerprint density at radius 2 is 2.12 bits per heavy atom. The van der Waals surface area contributed by atoms with Crippen LogP contribution in [0.25, 0.3) is 11.3 Å². The topological polar surface area (TPSA) is 89.1 Å². The summed E-state index contributed by atoms with van der Waals surface area (Å²) in [6, 6.07) is 7.94. The molecule has 0 aliphatic carbocycles. The molecule has 16 heavy (non-hydrogen) atoms. The SMILES string of the molecule is Nc1ccc(C(=O)O)cc1-c1cccnn1. The average Bonchev–Trinajstić information content (AvgIpc) is 2.30. The Balaban J connectivity index is 2.56. The summed E-state index contributed by atoms with van der Waals surface area (Å²) >= 11 is 0. The van der Waals surface area contributed by atoms with E-state index in [1.54, 1.807) is 24.4 Å². The number of hydrogen-bond donors (Lipinski definition) is 2. The number of carboxylic acid groups (broad SMARTS) is 1. The third-order valence-corrected chi connectivity index (χ3v) is 2.15. The fraction of sp³-hybridized carbons (Fsp3) is 0. The summed E-state index contributed by atoms with van der Waals surface area (Å²) in [5.74, 6) is -0.995. The van der Waals surface area contributed by atoms with E-state index in [-0.39, 0.29) is 5.56 Å². The summed E-state index contributed by atoms with van der Waals surface area (Å²) in [5, 5.41) is 16.5. The molecule has 2 aromatic rings. The highest BCUT2D eigenvalue weighted by Crippen LogP contribution is 2.24. The van der Waals surface area contributed by atoms with Crippen molar-refractivity contribution in [1.82, 2.24) is 10.2 Å². The Morgan fingerprint density at radius 1 is 1.31 bits per heavy atom. The molecule has 5 heteroatoms. The van der Waals surface area contributed by atoms with E-state index in [9.17, 15) is 4.79 Å². The summed E-state index contributed by atoms with van der Waals surface area (Å²) < 4.78 is 0. The van der Waals surface area contributed by atoms with Crippen LogP contribution in [0.1, 0.15) is 10.4 Å². The molecule has 0 aliphatic heterocycles. The second kappa shape index (κ2) is 3.98. The third-order valence-electron chi connectivity index (χ3n) is 2.15. The number of carboxylic acids is 1. The minimum Gasteiger partial charge on any atom is -0.478 e. The number of carbonyl (C=O) groups is 1. The second-order valence-corrected chi connectivity index (χ2v) is 3.22. The highest BCUT2D eigenvalue weighted by molar-refractivity contribution is 5.91. The summed E-state index contributed by atoms with van der Waals surface area (Å²) in [7, 11) is 0. The first kappa shape index (κ1) is 10.1. The Kier molecular flexibility index (Phi) is 2.51. The van der Waals surface area contributed by atoms with E-state index in [1.165, 1.54) is 12.1 Å². The van der Waals surface area contributed by atoms with Crippen LogP contribution in [0.3, 0.4) is 0 Å². The van der Waals surface area contributed by atoms with Crippen molar-refractivity contribution in [2.24, 2.45) is 0 Å². The number of nitrogens with zero attached hydrogens (tertiary/aromatic N) is 2. The van der Waals surface area contributed by atoms with Crippen LogP contribution in [0.2, 0.25) is 0 Å². The van der Waals surface area contributed by atoms with Crippen molar-refractivity contribution in [3.63, 3.8) is 0 Å². The van der Waals surface area contributed by atoms with Gasteiger partial charge in [0.2, 0.25) is 0 Å². The molecule has 5 nitrogen and oxygen atoms in total. The molecular weight excluding hydrogens is 206 g/mol. The lowest BCUT2D eigenvalue weighted by atomic mass is 10.1. The zero-order chi connectivity index (χ0) is 11.5. The lowest BCUT2D eigenvalue weighted by Crippen LogP contribution is -1.99. The molecule has 0 aliphatic rings. The van der Waals surface area contributed by atoms with E-state index >= 15 is 0 Å². The van der Waals surface area contributed by atoms with Crippen LogP contribution in [0.15, 0.2) is 36.5 Å². The summed E-state index contributed by atoms with van der Waals surface area (Å²) in [6.45, 7) is 0. The van der Waals surface area contributed by atoms with Crippen LogP contribution in [0, 0.1) is 0 Å². The average molecular weight is 215 g/mol. The number of aromatic nitrogens is 2. The lowest BCUT2D eigenvalue weighted by Gasteiger charge is -2.05. The van der Waals surface area contributed by atoms with Gasteiger partial charge < -0.3 is 10.8 Å². The van der Waals surface area contributed by atoms with E-state index in [0.29, 0.717) is 16.9 Å². The van der Waals surface area contributed by atoms with Crippen LogP contribution in [-0.4, -0.2) is 21.3 Å². The maximum Gasteiger partial charge on any atom is 0.335 e. The molecule has 0 fully saturated rings. The smallest absolute Gasteiger partial charge is 0.335 e. The van der Waals surface area contributed by atoms with Gasteiger partial charge in [0.25, 0.3) is 0 Å². The standard InChI is InChI=1S/C11H9N3O2/c12-9-4-3-7(11(15)16)6-8(9)10-2-1-5-13-14-10/h1-6H,12H2,(H,15,16). The fourth-order valence-corrected chi connectivity index (χ4v) is 1.36. The number of nitrogen functional groups attached to an aromatic ring is 1. The maximum absolute atomic E-state index is 10.8. The molecule has 0 unspecified atom stereocenters. The zero-order valence-corrected chi connectivity index (χ0v) is 8.29. The van der Waals surface area contributed by atoms with Gasteiger partial charge in [0.15, 0.2) is 0 Å². The molecule has 1 heterocycles. The van der Waals surface area contributed by atoms with E-state index in [0.717, 1.165) is 0 Å². The van der Waals surface area contributed by atoms with Crippen LogP contribution in [-0.2, 0) is 0 Å². The van der Waals surface area contributed by atoms with Gasteiger partial charge in [-0.1, -0.05) is 0 Å². The molecule has 0 saturated carbocycles. The van der Waals surface area contributed by atoms with Gasteiger partial charge in [-0.05, 0) is 30.3 Å². The first-order chi connectivity index (χ1) is 7.68. The Hall–Kier alpha value is -2.43. The van der Waals surface area contributed by atoms with Crippen LogP contribution in [0.5, 0.6) is 0 Å². The van der Waals surface area contributed by atoms with Crippen molar-refractivity contribution in [3.8, 4) is 11.3 Å². The van der Waals surface area contributed by atoms with Gasteiger partial charge in [-0.2, -0.15) is 10.2 Å². The molecule has 2 rings (SSSR count). The monoisotopic (exact) mass is 215 g/mol. The van der Waals surface area contributed by atoms with Gasteiger partial charge in [0.1, 0.15) is 0 Å². The van der Waals surface area contributed by atoms with Crippen molar-refractivity contribution in [3.05, 3.63) is 42.1 Å². The molecule has 1 aromatic heterocycles. The minimum absolute atomic E-state index is 0.176. The summed E-state index contributed by atoms with van der Waals surface area (Å²) in [4.78, 5) is 10.8. The molecule has 0 bridgehead atoms. The number of hydrogen-bond acceptors (Lipinski definition) is 4. The zero-order valence-electron chi connectivity index (χ0n) is 8.29. The molecule has 0 radical (unpaired) electrons. The van der Waals surface area contributed by atoms with E-state index in [4.69, 9.17) is 10.8 Å². The summed E-state index contributed by atoms with van der Waals surface area (Å²) in [5.41, 5.74) is 7.55. The van der Waals surface area contributed by atoms with Gasteiger partial charge >= 0.3 is 5.97 Å². The third kappa shape index (κ3) is 1.83. The van der Waals surface area contributed by atoms with Gasteiger partial charge in [0, 0.05) is 17.4 Å². The highest BCUT2D eigenvalue weighted by Gasteiger charge is 2.09.